The first-order valence-corrected chi connectivity index (χ1v) is 5.14. The molecule has 1 heterocycles. The molecule has 0 saturated carbocycles. The summed E-state index contributed by atoms with van der Waals surface area (Å²) in [6, 6.07) is 7.11. The number of amides is 1. The van der Waals surface area contributed by atoms with Crippen molar-refractivity contribution < 1.29 is 4.79 Å². The summed E-state index contributed by atoms with van der Waals surface area (Å²) in [5.41, 5.74) is -0.545. The van der Waals surface area contributed by atoms with Crippen molar-refractivity contribution >= 4 is 11.6 Å². The van der Waals surface area contributed by atoms with Crippen LogP contribution in [0.4, 0.5) is 5.69 Å². The van der Waals surface area contributed by atoms with Crippen LogP contribution in [0.2, 0.25) is 0 Å². The van der Waals surface area contributed by atoms with Gasteiger partial charge in [-0.05, 0) is 18.6 Å². The monoisotopic (exact) mass is 246 g/mol. The van der Waals surface area contributed by atoms with Crippen LogP contribution in [0.15, 0.2) is 33.9 Å². The highest BCUT2D eigenvalue weighted by Gasteiger charge is 2.13. The average Bonchev–Trinajstić information content (AvgIpc) is 2.32. The number of rotatable bonds is 2. The van der Waals surface area contributed by atoms with Crippen molar-refractivity contribution in [1.29, 1.82) is 0 Å². The molecule has 0 fully saturated rings. The predicted molar refractivity (Wildman–Crippen MR) is 64.6 cm³/mol. The molecule has 1 amide bonds. The summed E-state index contributed by atoms with van der Waals surface area (Å²) in [6.07, 6.45) is 0. The number of carbonyl (C=O) groups excluding carboxylic acids is 1. The fourth-order valence-electron chi connectivity index (χ4n) is 1.40. The second-order valence-corrected chi connectivity index (χ2v) is 3.62. The molecule has 2 aromatic rings. The van der Waals surface area contributed by atoms with E-state index >= 15 is 0 Å². The summed E-state index contributed by atoms with van der Waals surface area (Å²) in [5.74, 6) is -0.679. The number of H-pyrrole nitrogens is 2. The molecule has 0 aliphatic carbocycles. The molecule has 0 unspecified atom stereocenters. The normalized spacial score (nSPS) is 10.1. The Balaban J connectivity index is 2.31. The highest BCUT2D eigenvalue weighted by Crippen LogP contribution is 2.13. The van der Waals surface area contributed by atoms with Crippen molar-refractivity contribution in [2.24, 2.45) is 0 Å². The number of nitrogens with one attached hydrogen (secondary N) is 3. The SMILES string of the molecule is Cc1ccccc1NC(=O)c1n[nH]c(=O)[nH]c1=O. The van der Waals surface area contributed by atoms with Crippen LogP contribution in [0, 0.1) is 6.92 Å². The first kappa shape index (κ1) is 11.8. The van der Waals surface area contributed by atoms with Gasteiger partial charge in [0.1, 0.15) is 0 Å². The fourth-order valence-corrected chi connectivity index (χ4v) is 1.40. The Morgan fingerprint density at radius 3 is 2.67 bits per heavy atom. The molecule has 0 aliphatic heterocycles. The Kier molecular flexibility index (Phi) is 3.05. The van der Waals surface area contributed by atoms with Crippen molar-refractivity contribution in [2.45, 2.75) is 6.92 Å². The highest BCUT2D eigenvalue weighted by molar-refractivity contribution is 6.02. The zero-order chi connectivity index (χ0) is 13.1. The number of carbonyl (C=O) groups is 1. The second-order valence-electron chi connectivity index (χ2n) is 3.62. The minimum absolute atomic E-state index is 0.391. The standard InChI is InChI=1S/C11H10N4O3/c1-6-4-2-3-5-7(6)12-9(16)8-10(17)13-11(18)15-14-8/h2-5H,1H3,(H,12,16)(H2,13,15,17,18). The summed E-state index contributed by atoms with van der Waals surface area (Å²) in [5, 5.41) is 7.95. The molecule has 18 heavy (non-hydrogen) atoms. The zero-order valence-corrected chi connectivity index (χ0v) is 9.48. The van der Waals surface area contributed by atoms with Crippen LogP contribution >= 0.6 is 0 Å². The van der Waals surface area contributed by atoms with E-state index in [1.807, 2.05) is 29.1 Å². The molecular weight excluding hydrogens is 236 g/mol. The number of para-hydroxylation sites is 1. The number of aryl methyl sites for hydroxylation is 1. The lowest BCUT2D eigenvalue weighted by molar-refractivity contribution is 0.101. The van der Waals surface area contributed by atoms with Gasteiger partial charge in [-0.2, -0.15) is 5.10 Å². The van der Waals surface area contributed by atoms with Gasteiger partial charge in [-0.15, -0.1) is 0 Å². The van der Waals surface area contributed by atoms with Gasteiger partial charge in [0.25, 0.3) is 11.5 Å². The van der Waals surface area contributed by atoms with Crippen molar-refractivity contribution in [3.8, 4) is 0 Å². The molecule has 2 rings (SSSR count). The first-order valence-electron chi connectivity index (χ1n) is 5.14. The summed E-state index contributed by atoms with van der Waals surface area (Å²) in [7, 11) is 0. The Bertz CT molecular complexity index is 702. The molecule has 7 nitrogen and oxygen atoms in total. The molecule has 1 aromatic heterocycles. The van der Waals surface area contributed by atoms with Crippen molar-refractivity contribution in [3.63, 3.8) is 0 Å². The van der Waals surface area contributed by atoms with Crippen LogP contribution < -0.4 is 16.6 Å². The minimum atomic E-state index is -0.829. The van der Waals surface area contributed by atoms with Gasteiger partial charge in [-0.25, -0.2) is 9.89 Å². The molecule has 0 atom stereocenters. The minimum Gasteiger partial charge on any atom is -0.320 e. The quantitative estimate of drug-likeness (QED) is 0.694. The molecule has 7 heteroatoms. The number of benzene rings is 1. The lowest BCUT2D eigenvalue weighted by Gasteiger charge is -2.06. The number of nitrogens with zero attached hydrogens (tertiary/aromatic N) is 1. The van der Waals surface area contributed by atoms with Gasteiger partial charge >= 0.3 is 5.69 Å². The molecule has 92 valence electrons. The van der Waals surface area contributed by atoms with E-state index in [1.54, 1.807) is 12.1 Å². The summed E-state index contributed by atoms with van der Waals surface area (Å²) in [6.45, 7) is 1.82. The number of anilines is 1. The molecule has 0 aliphatic rings. The van der Waals surface area contributed by atoms with Gasteiger partial charge in [0, 0.05) is 5.69 Å². The second kappa shape index (κ2) is 4.66. The molecule has 0 radical (unpaired) electrons. The van der Waals surface area contributed by atoms with E-state index in [-0.39, 0.29) is 0 Å². The Hall–Kier alpha value is -2.70. The van der Waals surface area contributed by atoms with E-state index in [2.05, 4.69) is 10.4 Å². The number of aromatic nitrogens is 3. The summed E-state index contributed by atoms with van der Waals surface area (Å²) in [4.78, 5) is 35.8. The van der Waals surface area contributed by atoms with E-state index in [0.717, 1.165) is 5.56 Å². The van der Waals surface area contributed by atoms with Gasteiger partial charge < -0.3 is 5.32 Å². The molecule has 0 spiro atoms. The van der Waals surface area contributed by atoms with E-state index in [1.165, 1.54) is 0 Å². The number of hydrogen-bond donors (Lipinski definition) is 3. The van der Waals surface area contributed by atoms with Gasteiger partial charge in [0.2, 0.25) is 5.69 Å². The molecular formula is C11H10N4O3. The van der Waals surface area contributed by atoms with Crippen LogP contribution in [0.3, 0.4) is 0 Å². The number of hydrogen-bond acceptors (Lipinski definition) is 4. The highest BCUT2D eigenvalue weighted by atomic mass is 16.2. The molecule has 3 N–H and O–H groups in total. The van der Waals surface area contributed by atoms with Gasteiger partial charge in [-0.3, -0.25) is 14.6 Å². The van der Waals surface area contributed by atoms with Crippen molar-refractivity contribution in [2.75, 3.05) is 5.32 Å². The Morgan fingerprint density at radius 2 is 2.00 bits per heavy atom. The molecule has 0 bridgehead atoms. The zero-order valence-electron chi connectivity index (χ0n) is 9.48. The third kappa shape index (κ3) is 2.34. The maximum atomic E-state index is 11.8. The lowest BCUT2D eigenvalue weighted by atomic mass is 10.2. The maximum Gasteiger partial charge on any atom is 0.342 e. The Labute approximate surface area is 101 Å². The smallest absolute Gasteiger partial charge is 0.320 e. The van der Waals surface area contributed by atoms with Crippen LogP contribution in [0.5, 0.6) is 0 Å². The first-order chi connectivity index (χ1) is 8.58. The average molecular weight is 246 g/mol. The van der Waals surface area contributed by atoms with Crippen LogP contribution in [0.25, 0.3) is 0 Å². The molecule has 0 saturated heterocycles. The van der Waals surface area contributed by atoms with Crippen LogP contribution in [-0.4, -0.2) is 21.1 Å². The summed E-state index contributed by atoms with van der Waals surface area (Å²) >= 11 is 0. The number of aromatic amines is 2. The van der Waals surface area contributed by atoms with Crippen molar-refractivity contribution in [3.05, 3.63) is 56.4 Å². The Morgan fingerprint density at radius 1 is 1.28 bits per heavy atom. The summed E-state index contributed by atoms with van der Waals surface area (Å²) < 4.78 is 0. The fraction of sp³-hybridized carbons (Fsp3) is 0.0909. The van der Waals surface area contributed by atoms with Gasteiger partial charge in [-0.1, -0.05) is 18.2 Å². The third-order valence-electron chi connectivity index (χ3n) is 2.32. The van der Waals surface area contributed by atoms with Crippen LogP contribution in [0.1, 0.15) is 16.1 Å². The molecule has 1 aromatic carbocycles. The topological polar surface area (TPSA) is 108 Å². The van der Waals surface area contributed by atoms with E-state index in [9.17, 15) is 14.4 Å². The van der Waals surface area contributed by atoms with E-state index in [4.69, 9.17) is 0 Å². The largest absolute Gasteiger partial charge is 0.342 e. The van der Waals surface area contributed by atoms with Gasteiger partial charge in [0.15, 0.2) is 0 Å². The lowest BCUT2D eigenvalue weighted by Crippen LogP contribution is -2.32. The van der Waals surface area contributed by atoms with Gasteiger partial charge in [0.05, 0.1) is 0 Å². The third-order valence-corrected chi connectivity index (χ3v) is 2.32. The van der Waals surface area contributed by atoms with E-state index in [0.29, 0.717) is 5.69 Å². The van der Waals surface area contributed by atoms with Crippen LogP contribution in [-0.2, 0) is 0 Å². The van der Waals surface area contributed by atoms with E-state index < -0.39 is 22.9 Å². The predicted octanol–water partition coefficient (Wildman–Crippen LogP) is 0.0189. The van der Waals surface area contributed by atoms with Crippen molar-refractivity contribution in [1.82, 2.24) is 15.2 Å². The maximum absolute atomic E-state index is 11.8.